The number of carbonyl (C=O) groups excluding carboxylic acids is 1. The van der Waals surface area contributed by atoms with E-state index >= 15 is 0 Å². The van der Waals surface area contributed by atoms with Crippen LogP contribution in [0.5, 0.6) is 11.5 Å². The molecule has 2 rings (SSSR count). The highest BCUT2D eigenvalue weighted by Crippen LogP contribution is 2.36. The average molecular weight is 359 g/mol. The van der Waals surface area contributed by atoms with Gasteiger partial charge in [0.15, 0.2) is 0 Å². The second-order valence-corrected chi connectivity index (χ2v) is 5.88. The zero-order chi connectivity index (χ0) is 16.8. The van der Waals surface area contributed by atoms with Crippen LogP contribution in [-0.4, -0.2) is 25.2 Å². The van der Waals surface area contributed by atoms with E-state index in [4.69, 9.17) is 37.4 Å². The van der Waals surface area contributed by atoms with E-state index in [-0.39, 0.29) is 30.5 Å². The number of esters is 1. The standard InChI is InChI=1S/C17H20Cl2O4/c1-3-13(17(20)21-4-2)11(9-18)7-15(19)14-6-5-12-8-16(14)23-10-22-12/h5-8,11,13H,3-4,9-10H2,1-2H3/b15-7-. The van der Waals surface area contributed by atoms with E-state index in [0.29, 0.717) is 23.8 Å². The van der Waals surface area contributed by atoms with Crippen molar-refractivity contribution in [1.29, 1.82) is 0 Å². The van der Waals surface area contributed by atoms with Crippen LogP contribution in [0.2, 0.25) is 0 Å². The van der Waals surface area contributed by atoms with Gasteiger partial charge >= 0.3 is 5.97 Å². The molecule has 0 aliphatic carbocycles. The Bertz CT molecular complexity index is 586. The van der Waals surface area contributed by atoms with Crippen LogP contribution in [0.3, 0.4) is 0 Å². The smallest absolute Gasteiger partial charge is 0.309 e. The lowest BCUT2D eigenvalue weighted by atomic mass is 9.90. The fourth-order valence-corrected chi connectivity index (χ4v) is 3.13. The molecule has 1 aliphatic heterocycles. The van der Waals surface area contributed by atoms with Gasteiger partial charge in [-0.25, -0.2) is 0 Å². The summed E-state index contributed by atoms with van der Waals surface area (Å²) >= 11 is 12.5. The molecule has 0 saturated carbocycles. The normalized spacial score (nSPS) is 16.1. The Kier molecular flexibility index (Phi) is 6.60. The molecule has 2 unspecified atom stereocenters. The van der Waals surface area contributed by atoms with Gasteiger partial charge in [-0.1, -0.05) is 24.6 Å². The van der Waals surface area contributed by atoms with E-state index in [9.17, 15) is 4.79 Å². The van der Waals surface area contributed by atoms with Crippen molar-refractivity contribution in [3.05, 3.63) is 29.8 Å². The Morgan fingerprint density at radius 1 is 1.39 bits per heavy atom. The predicted octanol–water partition coefficient (Wildman–Crippen LogP) is 4.44. The number of allylic oxidation sites excluding steroid dienone is 1. The van der Waals surface area contributed by atoms with Crippen LogP contribution < -0.4 is 9.47 Å². The van der Waals surface area contributed by atoms with E-state index < -0.39 is 0 Å². The Balaban J connectivity index is 2.24. The van der Waals surface area contributed by atoms with Crippen molar-refractivity contribution in [3.63, 3.8) is 0 Å². The number of hydrogen-bond donors (Lipinski definition) is 0. The Morgan fingerprint density at radius 2 is 2.17 bits per heavy atom. The molecular formula is C17H20Cl2O4. The molecule has 23 heavy (non-hydrogen) atoms. The number of alkyl halides is 1. The topological polar surface area (TPSA) is 44.8 Å². The first-order valence-corrected chi connectivity index (χ1v) is 8.51. The molecule has 2 atom stereocenters. The summed E-state index contributed by atoms with van der Waals surface area (Å²) in [6, 6.07) is 5.45. The van der Waals surface area contributed by atoms with Gasteiger partial charge in [-0.2, -0.15) is 0 Å². The number of rotatable bonds is 7. The first kappa shape index (κ1) is 18.0. The highest BCUT2D eigenvalue weighted by molar-refractivity contribution is 6.49. The first-order chi connectivity index (χ1) is 11.1. The number of halogens is 2. The molecule has 0 radical (unpaired) electrons. The summed E-state index contributed by atoms with van der Waals surface area (Å²) in [6.45, 7) is 4.23. The lowest BCUT2D eigenvalue weighted by molar-refractivity contribution is -0.149. The van der Waals surface area contributed by atoms with E-state index in [1.807, 2.05) is 25.1 Å². The maximum atomic E-state index is 12.1. The quantitative estimate of drug-likeness (QED) is 0.533. The second kappa shape index (κ2) is 8.46. The number of ether oxygens (including phenoxy) is 3. The molecule has 4 nitrogen and oxygen atoms in total. The first-order valence-electron chi connectivity index (χ1n) is 7.60. The van der Waals surface area contributed by atoms with Gasteiger partial charge in [0.2, 0.25) is 6.79 Å². The summed E-state index contributed by atoms with van der Waals surface area (Å²) < 4.78 is 15.8. The van der Waals surface area contributed by atoms with Crippen molar-refractivity contribution in [3.8, 4) is 11.5 Å². The summed E-state index contributed by atoms with van der Waals surface area (Å²) in [5.41, 5.74) is 0.757. The van der Waals surface area contributed by atoms with Crippen molar-refractivity contribution in [1.82, 2.24) is 0 Å². The minimum absolute atomic E-state index is 0.165. The maximum Gasteiger partial charge on any atom is 0.309 e. The largest absolute Gasteiger partial charge is 0.466 e. The van der Waals surface area contributed by atoms with Crippen LogP contribution in [0.4, 0.5) is 0 Å². The molecular weight excluding hydrogens is 339 g/mol. The van der Waals surface area contributed by atoms with Crippen molar-refractivity contribution in [2.75, 3.05) is 19.3 Å². The van der Waals surface area contributed by atoms with Crippen molar-refractivity contribution in [2.24, 2.45) is 11.8 Å². The van der Waals surface area contributed by atoms with E-state index in [2.05, 4.69) is 0 Å². The van der Waals surface area contributed by atoms with Crippen molar-refractivity contribution >= 4 is 34.2 Å². The monoisotopic (exact) mass is 358 g/mol. The molecule has 1 aromatic carbocycles. The Morgan fingerprint density at radius 3 is 2.83 bits per heavy atom. The van der Waals surface area contributed by atoms with E-state index in [0.717, 1.165) is 11.3 Å². The summed E-state index contributed by atoms with van der Waals surface area (Å²) in [7, 11) is 0. The van der Waals surface area contributed by atoms with Crippen LogP contribution in [0.15, 0.2) is 24.3 Å². The molecule has 2 bridgehead atoms. The van der Waals surface area contributed by atoms with E-state index in [1.54, 1.807) is 13.0 Å². The highest BCUT2D eigenvalue weighted by atomic mass is 35.5. The van der Waals surface area contributed by atoms with Gasteiger partial charge < -0.3 is 14.2 Å². The summed E-state index contributed by atoms with van der Waals surface area (Å²) in [4.78, 5) is 12.1. The third-order valence-electron chi connectivity index (χ3n) is 3.73. The molecule has 126 valence electrons. The molecule has 1 aliphatic rings. The van der Waals surface area contributed by atoms with Gasteiger partial charge in [0.05, 0.1) is 12.5 Å². The fraction of sp³-hybridized carbons (Fsp3) is 0.471. The van der Waals surface area contributed by atoms with E-state index in [1.165, 1.54) is 0 Å². The molecule has 0 aromatic heterocycles. The third kappa shape index (κ3) is 4.33. The minimum Gasteiger partial charge on any atom is -0.466 e. The summed E-state index contributed by atoms with van der Waals surface area (Å²) in [5, 5.41) is 0.502. The lowest BCUT2D eigenvalue weighted by Gasteiger charge is -2.22. The van der Waals surface area contributed by atoms with Crippen molar-refractivity contribution in [2.45, 2.75) is 20.3 Å². The molecule has 6 heteroatoms. The van der Waals surface area contributed by atoms with Crippen LogP contribution in [0.1, 0.15) is 25.8 Å². The summed E-state index contributed by atoms with van der Waals surface area (Å²) in [6.07, 6.45) is 2.44. The number of benzene rings is 1. The Hall–Kier alpha value is -1.39. The van der Waals surface area contributed by atoms with Crippen LogP contribution in [0.25, 0.3) is 5.03 Å². The average Bonchev–Trinajstić information content (AvgIpc) is 2.55. The minimum atomic E-state index is -0.318. The second-order valence-electron chi connectivity index (χ2n) is 5.16. The predicted molar refractivity (Wildman–Crippen MR) is 91.0 cm³/mol. The Labute approximate surface area is 146 Å². The molecule has 0 N–H and O–H groups in total. The molecule has 1 aromatic rings. The van der Waals surface area contributed by atoms with Gasteiger partial charge in [-0.05, 0) is 25.5 Å². The zero-order valence-corrected chi connectivity index (χ0v) is 14.7. The van der Waals surface area contributed by atoms with Gasteiger partial charge in [-0.15, -0.1) is 11.6 Å². The fourth-order valence-electron chi connectivity index (χ4n) is 2.51. The van der Waals surface area contributed by atoms with Gasteiger partial charge in [0.1, 0.15) is 11.5 Å². The third-order valence-corrected chi connectivity index (χ3v) is 4.42. The van der Waals surface area contributed by atoms with Gasteiger partial charge in [0.25, 0.3) is 0 Å². The molecule has 0 spiro atoms. The lowest BCUT2D eigenvalue weighted by Crippen LogP contribution is -2.25. The van der Waals surface area contributed by atoms with Crippen molar-refractivity contribution < 1.29 is 19.0 Å². The van der Waals surface area contributed by atoms with Gasteiger partial charge in [-0.3, -0.25) is 4.79 Å². The molecule has 0 saturated heterocycles. The van der Waals surface area contributed by atoms with Crippen LogP contribution >= 0.6 is 23.2 Å². The number of hydrogen-bond acceptors (Lipinski definition) is 4. The number of fused-ring (bicyclic) bond motifs is 2. The molecule has 0 amide bonds. The highest BCUT2D eigenvalue weighted by Gasteiger charge is 2.27. The zero-order valence-electron chi connectivity index (χ0n) is 13.2. The molecule has 1 heterocycles. The van der Waals surface area contributed by atoms with Crippen LogP contribution in [0, 0.1) is 11.8 Å². The molecule has 0 fully saturated rings. The maximum absolute atomic E-state index is 12.1. The van der Waals surface area contributed by atoms with Gasteiger partial charge in [0, 0.05) is 28.5 Å². The van der Waals surface area contributed by atoms with Crippen LogP contribution in [-0.2, 0) is 9.53 Å². The number of carbonyl (C=O) groups is 1. The summed E-state index contributed by atoms with van der Waals surface area (Å²) in [5.74, 6) is 0.910. The SMILES string of the molecule is CCOC(=O)C(CC)C(/C=C(\Cl)c1ccc2cc1OCO2)CCl.